The Balaban J connectivity index is 4.35. The van der Waals surface area contributed by atoms with Gasteiger partial charge in [-0.1, -0.05) is 27.6 Å². The van der Waals surface area contributed by atoms with Crippen molar-refractivity contribution in [1.29, 1.82) is 0 Å². The van der Waals surface area contributed by atoms with Crippen LogP contribution in [0.4, 0.5) is 0 Å². The fourth-order valence-electron chi connectivity index (χ4n) is 1.11. The van der Waals surface area contributed by atoms with Crippen LogP contribution in [-0.2, 0) is 14.3 Å². The lowest BCUT2D eigenvalue weighted by molar-refractivity contribution is -0.148. The molecule has 0 aliphatic heterocycles. The van der Waals surface area contributed by atoms with Crippen LogP contribution in [0.3, 0.4) is 0 Å². The summed E-state index contributed by atoms with van der Waals surface area (Å²) in [6, 6.07) is 0. The van der Waals surface area contributed by atoms with Crippen molar-refractivity contribution in [2.75, 3.05) is 6.61 Å². The molecule has 1 atom stereocenters. The largest absolute Gasteiger partial charge is 0.465 e. The highest BCUT2D eigenvalue weighted by Crippen LogP contribution is 2.23. The number of allylic oxidation sites excluding steroid dienone is 2. The maximum Gasteiger partial charge on any atom is 0.330 e. The van der Waals surface area contributed by atoms with Gasteiger partial charge in [0.2, 0.25) is 0 Å². The fraction of sp³-hybridized carbons (Fsp3) is 0.667. The molecule has 0 aromatic heterocycles. The van der Waals surface area contributed by atoms with Gasteiger partial charge in [0.1, 0.15) is 0 Å². The van der Waals surface area contributed by atoms with Gasteiger partial charge in [0.25, 0.3) is 0 Å². The van der Waals surface area contributed by atoms with Gasteiger partial charge in [0.15, 0.2) is 10.1 Å². The average Bonchev–Trinajstić information content (AvgIpc) is 2.17. The van der Waals surface area contributed by atoms with E-state index in [1.54, 1.807) is 6.92 Å². The second-order valence-electron chi connectivity index (χ2n) is 3.97. The van der Waals surface area contributed by atoms with Crippen molar-refractivity contribution in [2.45, 2.75) is 44.9 Å². The summed E-state index contributed by atoms with van der Waals surface area (Å²) in [6.45, 7) is 7.48. The third-order valence-electron chi connectivity index (χ3n) is 2.11. The zero-order chi connectivity index (χ0) is 12.8. The molecule has 0 rings (SSSR count). The number of alkyl halides is 1. The number of rotatable bonds is 6. The molecule has 0 amide bonds. The predicted molar refractivity (Wildman–Crippen MR) is 67.6 cm³/mol. The van der Waals surface area contributed by atoms with Gasteiger partial charge in [-0.25, -0.2) is 0 Å². The summed E-state index contributed by atoms with van der Waals surface area (Å²) in [5.41, 5.74) is 1.17. The molecule has 0 spiro atoms. The third-order valence-corrected chi connectivity index (χ3v) is 2.87. The fourth-order valence-corrected chi connectivity index (χ4v) is 1.42. The van der Waals surface area contributed by atoms with Crippen molar-refractivity contribution in [3.63, 3.8) is 0 Å². The van der Waals surface area contributed by atoms with Crippen molar-refractivity contribution in [1.82, 2.24) is 0 Å². The highest BCUT2D eigenvalue weighted by molar-refractivity contribution is 9.10. The van der Waals surface area contributed by atoms with Crippen LogP contribution in [-0.4, -0.2) is 22.7 Å². The van der Waals surface area contributed by atoms with E-state index in [0.717, 1.165) is 0 Å². The normalized spacial score (nSPS) is 13.8. The zero-order valence-corrected chi connectivity index (χ0v) is 11.9. The lowest BCUT2D eigenvalue weighted by Gasteiger charge is -2.18. The van der Waals surface area contributed by atoms with Gasteiger partial charge < -0.3 is 4.74 Å². The molecule has 0 radical (unpaired) electrons. The van der Waals surface area contributed by atoms with Crippen LogP contribution in [0.15, 0.2) is 11.6 Å². The summed E-state index contributed by atoms with van der Waals surface area (Å²) in [5.74, 6) is -0.666. The smallest absolute Gasteiger partial charge is 0.330 e. The van der Waals surface area contributed by atoms with Gasteiger partial charge in [-0.2, -0.15) is 0 Å². The van der Waals surface area contributed by atoms with Crippen LogP contribution < -0.4 is 0 Å². The molecule has 0 bridgehead atoms. The number of ether oxygens (including phenoxy) is 1. The Morgan fingerprint density at radius 2 is 1.94 bits per heavy atom. The molecule has 4 heteroatoms. The number of hydrogen-bond donors (Lipinski definition) is 0. The number of ketones is 1. The molecule has 3 nitrogen and oxygen atoms in total. The highest BCUT2D eigenvalue weighted by Gasteiger charge is 2.38. The molecular weight excluding hydrogens is 272 g/mol. The first kappa shape index (κ1) is 15.4. The zero-order valence-electron chi connectivity index (χ0n) is 10.3. The lowest BCUT2D eigenvalue weighted by atomic mass is 10.0. The van der Waals surface area contributed by atoms with Crippen LogP contribution in [0.25, 0.3) is 0 Å². The molecule has 0 aliphatic carbocycles. The molecular formula is C12H19BrO3. The number of esters is 1. The second-order valence-corrected chi connectivity index (χ2v) is 5.55. The molecule has 0 saturated heterocycles. The summed E-state index contributed by atoms with van der Waals surface area (Å²) in [7, 11) is 0. The molecule has 0 aromatic rings. The van der Waals surface area contributed by atoms with E-state index in [0.29, 0.717) is 12.8 Å². The second kappa shape index (κ2) is 6.84. The monoisotopic (exact) mass is 290 g/mol. The number of hydrogen-bond acceptors (Lipinski definition) is 3. The summed E-state index contributed by atoms with van der Waals surface area (Å²) < 4.78 is 3.62. The predicted octanol–water partition coefficient (Wildman–Crippen LogP) is 3.02. The molecule has 0 saturated carbocycles. The van der Waals surface area contributed by atoms with Crippen molar-refractivity contribution >= 4 is 27.7 Å². The molecule has 0 aromatic carbocycles. The Morgan fingerprint density at radius 1 is 1.38 bits per heavy atom. The van der Waals surface area contributed by atoms with Crippen LogP contribution >= 0.6 is 15.9 Å². The topological polar surface area (TPSA) is 43.4 Å². The van der Waals surface area contributed by atoms with E-state index in [2.05, 4.69) is 15.9 Å². The van der Waals surface area contributed by atoms with E-state index in [9.17, 15) is 9.59 Å². The minimum Gasteiger partial charge on any atom is -0.465 e. The van der Waals surface area contributed by atoms with Crippen LogP contribution in [0.1, 0.15) is 40.5 Å². The Hall–Kier alpha value is -0.640. The Kier molecular flexibility index (Phi) is 6.56. The van der Waals surface area contributed by atoms with Gasteiger partial charge in [-0.15, -0.1) is 0 Å². The van der Waals surface area contributed by atoms with Gasteiger partial charge in [0, 0.05) is 6.42 Å². The van der Waals surface area contributed by atoms with Crippen LogP contribution in [0.5, 0.6) is 0 Å². The molecule has 92 valence electrons. The molecule has 0 fully saturated rings. The maximum absolute atomic E-state index is 11.8. The van der Waals surface area contributed by atoms with E-state index >= 15 is 0 Å². The first-order chi connectivity index (χ1) is 7.32. The number of halogens is 1. The van der Waals surface area contributed by atoms with Crippen molar-refractivity contribution < 1.29 is 14.3 Å². The summed E-state index contributed by atoms with van der Waals surface area (Å²) in [6.07, 6.45) is 2.97. The molecule has 0 aliphatic rings. The van der Waals surface area contributed by atoms with Gasteiger partial charge >= 0.3 is 5.97 Å². The van der Waals surface area contributed by atoms with Crippen molar-refractivity contribution in [3.05, 3.63) is 11.6 Å². The van der Waals surface area contributed by atoms with E-state index in [-0.39, 0.29) is 12.4 Å². The lowest BCUT2D eigenvalue weighted by Crippen LogP contribution is -2.38. The molecule has 16 heavy (non-hydrogen) atoms. The van der Waals surface area contributed by atoms with Crippen molar-refractivity contribution in [2.24, 2.45) is 0 Å². The van der Waals surface area contributed by atoms with Crippen LogP contribution in [0.2, 0.25) is 0 Å². The SMILES string of the molecule is CCOC(=O)C(C)(Br)C(=O)CCC=C(C)C. The van der Waals surface area contributed by atoms with E-state index in [4.69, 9.17) is 4.74 Å². The van der Waals surface area contributed by atoms with E-state index < -0.39 is 10.3 Å². The number of Topliss-reactive ketones (excluding diaryl/α,β-unsaturated/α-hetero) is 1. The highest BCUT2D eigenvalue weighted by atomic mass is 79.9. The number of carbonyl (C=O) groups excluding carboxylic acids is 2. The number of carbonyl (C=O) groups is 2. The van der Waals surface area contributed by atoms with Crippen molar-refractivity contribution in [3.8, 4) is 0 Å². The average molecular weight is 291 g/mol. The minimum atomic E-state index is -1.21. The summed E-state index contributed by atoms with van der Waals surface area (Å²) in [5, 5.41) is 0. The maximum atomic E-state index is 11.8. The molecule has 1 unspecified atom stereocenters. The first-order valence-electron chi connectivity index (χ1n) is 5.35. The van der Waals surface area contributed by atoms with Gasteiger partial charge in [0.05, 0.1) is 6.61 Å². The minimum absolute atomic E-state index is 0.150. The first-order valence-corrected chi connectivity index (χ1v) is 6.14. The molecule has 0 heterocycles. The van der Waals surface area contributed by atoms with E-state index in [1.807, 2.05) is 19.9 Å². The third kappa shape index (κ3) is 4.92. The summed E-state index contributed by atoms with van der Waals surface area (Å²) in [4.78, 5) is 23.3. The van der Waals surface area contributed by atoms with Gasteiger partial charge in [-0.3, -0.25) is 9.59 Å². The van der Waals surface area contributed by atoms with E-state index in [1.165, 1.54) is 12.5 Å². The standard InChI is InChI=1S/C12H19BrO3/c1-5-16-11(15)12(4,13)10(14)8-6-7-9(2)3/h7H,5-6,8H2,1-4H3. The quantitative estimate of drug-likeness (QED) is 0.327. The van der Waals surface area contributed by atoms with Gasteiger partial charge in [-0.05, 0) is 34.1 Å². The Bertz CT molecular complexity index is 289. The Labute approximate surface area is 105 Å². The summed E-state index contributed by atoms with van der Waals surface area (Å²) >= 11 is 3.14. The molecule has 0 N–H and O–H groups in total. The van der Waals surface area contributed by atoms with Crippen LogP contribution in [0, 0.1) is 0 Å². The Morgan fingerprint density at radius 3 is 2.38 bits per heavy atom.